The zero-order valence-corrected chi connectivity index (χ0v) is 51.4. The van der Waals surface area contributed by atoms with Gasteiger partial charge in [-0.05, 0) is 96.0 Å². The first kappa shape index (κ1) is 73.5. The Morgan fingerprint density at radius 3 is 1.29 bits per heavy atom. The van der Waals surface area contributed by atoms with Crippen molar-refractivity contribution < 1.29 is 37.3 Å². The molecule has 76 heavy (non-hydrogen) atoms. The Morgan fingerprint density at radius 1 is 0.474 bits per heavy atom. The third-order valence-corrected chi connectivity index (χ3v) is 14.9. The van der Waals surface area contributed by atoms with Crippen LogP contribution in [0.1, 0.15) is 284 Å². The Labute approximate surface area is 470 Å². The molecule has 0 aliphatic rings. The summed E-state index contributed by atoms with van der Waals surface area (Å²) < 4.78 is 30.7. The van der Waals surface area contributed by atoms with Gasteiger partial charge in [-0.2, -0.15) is 0 Å². The van der Waals surface area contributed by atoms with E-state index in [9.17, 15) is 19.0 Å². The molecule has 0 radical (unpaired) electrons. The van der Waals surface area contributed by atoms with Crippen molar-refractivity contribution in [3.8, 4) is 0 Å². The second kappa shape index (κ2) is 55.8. The summed E-state index contributed by atoms with van der Waals surface area (Å²) in [7, 11) is 1.49. The van der Waals surface area contributed by atoms with Gasteiger partial charge in [-0.25, -0.2) is 4.57 Å². The fourth-order valence-electron chi connectivity index (χ4n) is 8.99. The van der Waals surface area contributed by atoms with Gasteiger partial charge in [-0.3, -0.25) is 18.6 Å². The number of rotatable bonds is 57. The third kappa shape index (κ3) is 56.2. The Kier molecular flexibility index (Phi) is 53.9. The molecule has 0 spiro atoms. The number of allylic oxidation sites excluding steroid dienone is 11. The lowest BCUT2D eigenvalue weighted by Crippen LogP contribution is -2.47. The van der Waals surface area contributed by atoms with E-state index in [4.69, 9.17) is 13.8 Å². The van der Waals surface area contributed by atoms with Crippen molar-refractivity contribution in [1.82, 2.24) is 5.32 Å². The first-order chi connectivity index (χ1) is 36.9. The van der Waals surface area contributed by atoms with Gasteiger partial charge in [0.2, 0.25) is 5.91 Å². The average Bonchev–Trinajstić information content (AvgIpc) is 3.38. The molecule has 1 amide bonds. The Morgan fingerprint density at radius 2 is 0.842 bits per heavy atom. The maximum atomic E-state index is 13.5. The number of nitrogens with zero attached hydrogens (tertiary/aromatic N) is 1. The number of quaternary nitrogens is 1. The summed E-state index contributed by atoms with van der Waals surface area (Å²) in [5, 5.41) is 3.05. The molecule has 0 saturated carbocycles. The van der Waals surface area contributed by atoms with Crippen molar-refractivity contribution in [2.45, 2.75) is 296 Å². The van der Waals surface area contributed by atoms with Crippen LogP contribution in [0.25, 0.3) is 0 Å². The standard InChI is InChI=1S/C66H121N2O7P/c1-7-10-13-16-19-22-25-28-30-31-32-33-34-35-36-37-38-41-44-47-50-53-56-59-66(70)75-64(57-54-51-48-45-42-39-27-24-21-18-15-12-9-3)63(62-74-76(71,72)73-61-60-68(4,5)6)67-65(69)58-55-52-49-46-43-40-29-26-23-20-17-14-11-8-2/h11,14,19-20,22-23,28,30,32-33,54,57,63-64H,7-10,12-13,15-18,21,24-27,29,31,34-53,55-56,58-62H2,1-6H3,(H-,67,69,71,72)/p+1/b14-11+,22-19-,23-20+,30-28-,33-32-,57-54-. The van der Waals surface area contributed by atoms with Crippen LogP contribution in [0.5, 0.6) is 0 Å². The number of carbonyl (C=O) groups is 2. The summed E-state index contributed by atoms with van der Waals surface area (Å²) in [6.07, 6.45) is 71.8. The van der Waals surface area contributed by atoms with Crippen LogP contribution in [0.3, 0.4) is 0 Å². The zero-order valence-electron chi connectivity index (χ0n) is 50.5. The molecule has 0 rings (SSSR count). The van der Waals surface area contributed by atoms with Gasteiger partial charge in [0.25, 0.3) is 0 Å². The maximum Gasteiger partial charge on any atom is 0.472 e. The van der Waals surface area contributed by atoms with Gasteiger partial charge >= 0.3 is 13.8 Å². The van der Waals surface area contributed by atoms with E-state index in [1.807, 2.05) is 33.3 Å². The SMILES string of the molecule is CC/C=C/C/C=C/CCCCCCCCCC(=O)NC(COP(=O)(O)OCC[N+](C)(C)C)C(/C=C\CCCCCCCCCCCCC)OC(=O)CCCCCCCCCCCC/C=C\C/C=C\C/C=C\CCCCC. The minimum atomic E-state index is -4.45. The van der Waals surface area contributed by atoms with Crippen molar-refractivity contribution in [2.75, 3.05) is 40.9 Å². The van der Waals surface area contributed by atoms with Crippen LogP contribution in [0.2, 0.25) is 0 Å². The van der Waals surface area contributed by atoms with Gasteiger partial charge in [0.15, 0.2) is 0 Å². The van der Waals surface area contributed by atoms with Crippen LogP contribution in [0.4, 0.5) is 0 Å². The maximum absolute atomic E-state index is 13.5. The van der Waals surface area contributed by atoms with E-state index in [-0.39, 0.29) is 31.5 Å². The molecule has 0 aromatic heterocycles. The molecular formula is C66H122N2O7P+. The summed E-state index contributed by atoms with van der Waals surface area (Å²) in [5.41, 5.74) is 0. The molecule has 0 aromatic carbocycles. The largest absolute Gasteiger partial charge is 0.472 e. The summed E-state index contributed by atoms with van der Waals surface area (Å²) in [5.74, 6) is -0.516. The van der Waals surface area contributed by atoms with Gasteiger partial charge in [-0.1, -0.05) is 248 Å². The molecular weight excluding hydrogens is 964 g/mol. The van der Waals surface area contributed by atoms with Crippen LogP contribution < -0.4 is 5.32 Å². The lowest BCUT2D eigenvalue weighted by molar-refractivity contribution is -0.870. The van der Waals surface area contributed by atoms with Crippen molar-refractivity contribution >= 4 is 19.7 Å². The number of ether oxygens (including phenoxy) is 1. The fraction of sp³-hybridized carbons (Fsp3) is 0.788. The quantitative estimate of drug-likeness (QED) is 0.0205. The highest BCUT2D eigenvalue weighted by atomic mass is 31.2. The summed E-state index contributed by atoms with van der Waals surface area (Å²) in [6.45, 7) is 6.89. The van der Waals surface area contributed by atoms with Crippen molar-refractivity contribution in [3.63, 3.8) is 0 Å². The van der Waals surface area contributed by atoms with Crippen LogP contribution in [0, 0.1) is 0 Å². The molecule has 442 valence electrons. The second-order valence-electron chi connectivity index (χ2n) is 22.5. The molecule has 0 heterocycles. The first-order valence-electron chi connectivity index (χ1n) is 31.8. The average molecular weight is 1090 g/mol. The smallest absolute Gasteiger partial charge is 0.456 e. The highest BCUT2D eigenvalue weighted by Crippen LogP contribution is 2.43. The summed E-state index contributed by atoms with van der Waals surface area (Å²) in [6, 6.07) is -0.856. The molecule has 0 aliphatic heterocycles. The molecule has 0 saturated heterocycles. The minimum Gasteiger partial charge on any atom is -0.456 e. The van der Waals surface area contributed by atoms with E-state index in [2.05, 4.69) is 86.8 Å². The van der Waals surface area contributed by atoms with E-state index >= 15 is 0 Å². The Hall–Kier alpha value is -2.55. The first-order valence-corrected chi connectivity index (χ1v) is 33.3. The van der Waals surface area contributed by atoms with Crippen LogP contribution in [-0.2, 0) is 27.9 Å². The number of unbranched alkanes of at least 4 members (excludes halogenated alkanes) is 31. The van der Waals surface area contributed by atoms with Gasteiger partial charge in [-0.15, -0.1) is 0 Å². The molecule has 3 atom stereocenters. The van der Waals surface area contributed by atoms with Crippen LogP contribution in [0.15, 0.2) is 72.9 Å². The monoisotopic (exact) mass is 1090 g/mol. The highest BCUT2D eigenvalue weighted by Gasteiger charge is 2.30. The molecule has 10 heteroatoms. The topological polar surface area (TPSA) is 111 Å². The normalized spacial score (nSPS) is 14.1. The molecule has 0 aliphatic carbocycles. The highest BCUT2D eigenvalue weighted by molar-refractivity contribution is 7.47. The minimum absolute atomic E-state index is 0.0361. The summed E-state index contributed by atoms with van der Waals surface area (Å²) in [4.78, 5) is 37.7. The Balaban J connectivity index is 5.21. The zero-order chi connectivity index (χ0) is 55.7. The van der Waals surface area contributed by atoms with Gasteiger partial charge < -0.3 is 19.4 Å². The number of carbonyl (C=O) groups excluding carboxylic acids is 2. The molecule has 0 bridgehead atoms. The predicted molar refractivity (Wildman–Crippen MR) is 328 cm³/mol. The number of nitrogens with one attached hydrogen (secondary N) is 1. The van der Waals surface area contributed by atoms with Crippen molar-refractivity contribution in [2.24, 2.45) is 0 Å². The molecule has 0 aromatic rings. The number of likely N-dealkylation sites (N-methyl/N-ethyl adjacent to an activating group) is 1. The van der Waals surface area contributed by atoms with E-state index in [1.165, 1.54) is 154 Å². The lowest BCUT2D eigenvalue weighted by Gasteiger charge is -2.27. The number of phosphoric acid groups is 1. The molecule has 0 fully saturated rings. The lowest BCUT2D eigenvalue weighted by atomic mass is 10.0. The predicted octanol–water partition coefficient (Wildman–Crippen LogP) is 19.6. The van der Waals surface area contributed by atoms with Crippen LogP contribution >= 0.6 is 7.82 Å². The van der Waals surface area contributed by atoms with Gasteiger partial charge in [0.05, 0.1) is 33.8 Å². The fourth-order valence-corrected chi connectivity index (χ4v) is 9.72. The number of amides is 1. The molecule has 2 N–H and O–H groups in total. The third-order valence-electron chi connectivity index (χ3n) is 13.9. The number of hydrogen-bond acceptors (Lipinski definition) is 6. The van der Waals surface area contributed by atoms with E-state index in [1.54, 1.807) is 0 Å². The number of esters is 1. The Bertz CT molecular complexity index is 1530. The van der Waals surface area contributed by atoms with Crippen molar-refractivity contribution in [3.05, 3.63) is 72.9 Å². The summed E-state index contributed by atoms with van der Waals surface area (Å²) >= 11 is 0. The van der Waals surface area contributed by atoms with E-state index in [0.717, 1.165) is 96.3 Å². The van der Waals surface area contributed by atoms with Crippen LogP contribution in [-0.4, -0.2) is 74.3 Å². The molecule has 3 unspecified atom stereocenters. The molecule has 9 nitrogen and oxygen atoms in total. The van der Waals surface area contributed by atoms with E-state index < -0.39 is 20.0 Å². The van der Waals surface area contributed by atoms with Crippen molar-refractivity contribution in [1.29, 1.82) is 0 Å². The van der Waals surface area contributed by atoms with Gasteiger partial charge in [0.1, 0.15) is 19.3 Å². The van der Waals surface area contributed by atoms with Gasteiger partial charge in [0, 0.05) is 12.8 Å². The van der Waals surface area contributed by atoms with E-state index in [0.29, 0.717) is 17.4 Å². The number of phosphoric ester groups is 1. The number of hydrogen-bond donors (Lipinski definition) is 2. The second-order valence-corrected chi connectivity index (χ2v) is 24.0.